The molecule has 2 N–H and O–H groups in total. The van der Waals surface area contributed by atoms with E-state index >= 15 is 0 Å². The van der Waals surface area contributed by atoms with E-state index in [0.717, 1.165) is 5.56 Å². The molecule has 0 aliphatic carbocycles. The summed E-state index contributed by atoms with van der Waals surface area (Å²) in [6.07, 6.45) is 0. The summed E-state index contributed by atoms with van der Waals surface area (Å²) in [5, 5.41) is 11.8. The van der Waals surface area contributed by atoms with Crippen LogP contribution in [0.3, 0.4) is 0 Å². The summed E-state index contributed by atoms with van der Waals surface area (Å²) in [4.78, 5) is 0. The molecule has 1 aromatic carbocycles. The van der Waals surface area contributed by atoms with Gasteiger partial charge in [0.2, 0.25) is 0 Å². The van der Waals surface area contributed by atoms with Crippen LogP contribution in [-0.4, -0.2) is 18.8 Å². The SMILES string of the molecule is CN[C@H](CO)c1cc(C)ccc1F. The van der Waals surface area contributed by atoms with Crippen LogP contribution in [0.25, 0.3) is 0 Å². The third-order valence-corrected chi connectivity index (χ3v) is 2.06. The van der Waals surface area contributed by atoms with Gasteiger partial charge >= 0.3 is 0 Å². The number of hydrogen-bond acceptors (Lipinski definition) is 2. The minimum Gasteiger partial charge on any atom is -0.394 e. The lowest BCUT2D eigenvalue weighted by molar-refractivity contribution is 0.248. The van der Waals surface area contributed by atoms with Crippen molar-refractivity contribution in [3.8, 4) is 0 Å². The van der Waals surface area contributed by atoms with Crippen molar-refractivity contribution in [2.24, 2.45) is 0 Å². The quantitative estimate of drug-likeness (QED) is 0.742. The Balaban J connectivity index is 3.03. The Morgan fingerprint density at radius 2 is 2.23 bits per heavy atom. The maximum atomic E-state index is 13.2. The van der Waals surface area contributed by atoms with Gasteiger partial charge in [-0.25, -0.2) is 4.39 Å². The van der Waals surface area contributed by atoms with Crippen LogP contribution in [-0.2, 0) is 0 Å². The molecule has 0 aliphatic heterocycles. The van der Waals surface area contributed by atoms with E-state index in [2.05, 4.69) is 5.32 Å². The molecule has 0 aliphatic rings. The van der Waals surface area contributed by atoms with E-state index < -0.39 is 0 Å². The molecular weight excluding hydrogens is 169 g/mol. The molecular formula is C10H14FNO. The third kappa shape index (κ3) is 2.26. The molecule has 2 nitrogen and oxygen atoms in total. The van der Waals surface area contributed by atoms with Crippen LogP contribution in [0.15, 0.2) is 18.2 Å². The zero-order valence-corrected chi connectivity index (χ0v) is 7.84. The molecule has 72 valence electrons. The summed E-state index contributed by atoms with van der Waals surface area (Å²) >= 11 is 0. The number of nitrogens with one attached hydrogen (secondary N) is 1. The average Bonchev–Trinajstić information content (AvgIpc) is 2.13. The van der Waals surface area contributed by atoms with Crippen LogP contribution >= 0.6 is 0 Å². The molecule has 3 heteroatoms. The lowest BCUT2D eigenvalue weighted by atomic mass is 10.0. The zero-order valence-electron chi connectivity index (χ0n) is 7.84. The molecule has 0 aromatic heterocycles. The van der Waals surface area contributed by atoms with Crippen molar-refractivity contribution in [1.29, 1.82) is 0 Å². The van der Waals surface area contributed by atoms with Crippen molar-refractivity contribution in [2.45, 2.75) is 13.0 Å². The van der Waals surface area contributed by atoms with Gasteiger partial charge < -0.3 is 10.4 Å². The number of hydrogen-bond donors (Lipinski definition) is 2. The number of likely N-dealkylation sites (N-methyl/N-ethyl adjacent to an activating group) is 1. The molecule has 0 saturated heterocycles. The minimum atomic E-state index is -0.320. The second-order valence-electron chi connectivity index (χ2n) is 3.05. The van der Waals surface area contributed by atoms with E-state index in [0.29, 0.717) is 5.56 Å². The highest BCUT2D eigenvalue weighted by Gasteiger charge is 2.12. The van der Waals surface area contributed by atoms with Crippen molar-refractivity contribution in [3.05, 3.63) is 35.1 Å². The number of benzene rings is 1. The van der Waals surface area contributed by atoms with E-state index in [-0.39, 0.29) is 18.5 Å². The highest BCUT2D eigenvalue weighted by molar-refractivity contribution is 5.26. The molecule has 0 heterocycles. The largest absolute Gasteiger partial charge is 0.394 e. The lowest BCUT2D eigenvalue weighted by Crippen LogP contribution is -2.21. The predicted molar refractivity (Wildman–Crippen MR) is 50.0 cm³/mol. The molecule has 0 unspecified atom stereocenters. The fraction of sp³-hybridized carbons (Fsp3) is 0.400. The molecule has 1 aromatic rings. The zero-order chi connectivity index (χ0) is 9.84. The first-order chi connectivity index (χ1) is 6.19. The monoisotopic (exact) mass is 183 g/mol. The Kier molecular flexibility index (Phi) is 3.39. The van der Waals surface area contributed by atoms with Crippen LogP contribution in [0.2, 0.25) is 0 Å². The predicted octanol–water partition coefficient (Wildman–Crippen LogP) is 1.39. The van der Waals surface area contributed by atoms with Crippen molar-refractivity contribution in [1.82, 2.24) is 5.32 Å². The fourth-order valence-corrected chi connectivity index (χ4v) is 1.28. The Morgan fingerprint density at radius 1 is 1.54 bits per heavy atom. The second-order valence-corrected chi connectivity index (χ2v) is 3.05. The van der Waals surface area contributed by atoms with Crippen LogP contribution < -0.4 is 5.32 Å². The van der Waals surface area contributed by atoms with Gasteiger partial charge in [-0.2, -0.15) is 0 Å². The minimum absolute atomic E-state index is 0.100. The molecule has 0 spiro atoms. The highest BCUT2D eigenvalue weighted by Crippen LogP contribution is 2.17. The third-order valence-electron chi connectivity index (χ3n) is 2.06. The molecule has 0 saturated carbocycles. The molecule has 0 radical (unpaired) electrons. The summed E-state index contributed by atoms with van der Waals surface area (Å²) in [7, 11) is 1.70. The van der Waals surface area contributed by atoms with Crippen molar-refractivity contribution >= 4 is 0 Å². The van der Waals surface area contributed by atoms with Gasteiger partial charge in [-0.1, -0.05) is 17.7 Å². The maximum Gasteiger partial charge on any atom is 0.128 e. The van der Waals surface area contributed by atoms with Gasteiger partial charge in [-0.3, -0.25) is 0 Å². The van der Waals surface area contributed by atoms with Crippen LogP contribution in [0.1, 0.15) is 17.2 Å². The fourth-order valence-electron chi connectivity index (χ4n) is 1.28. The standard InChI is InChI=1S/C10H14FNO/c1-7-3-4-9(11)8(5-7)10(6-13)12-2/h3-5,10,12-13H,6H2,1-2H3/t10-/m1/s1. The van der Waals surface area contributed by atoms with Crippen LogP contribution in [0, 0.1) is 12.7 Å². The summed E-state index contributed by atoms with van der Waals surface area (Å²) in [5.74, 6) is -0.279. The Labute approximate surface area is 77.4 Å². The van der Waals surface area contributed by atoms with Crippen molar-refractivity contribution < 1.29 is 9.50 Å². The van der Waals surface area contributed by atoms with Crippen LogP contribution in [0.4, 0.5) is 4.39 Å². The van der Waals surface area contributed by atoms with Crippen molar-refractivity contribution in [2.75, 3.05) is 13.7 Å². The van der Waals surface area contributed by atoms with Gasteiger partial charge in [0, 0.05) is 5.56 Å². The maximum absolute atomic E-state index is 13.2. The number of rotatable bonds is 3. The normalized spacial score (nSPS) is 12.9. The summed E-state index contributed by atoms with van der Waals surface area (Å²) in [6.45, 7) is 1.80. The molecule has 0 amide bonds. The average molecular weight is 183 g/mol. The molecule has 1 atom stereocenters. The molecule has 13 heavy (non-hydrogen) atoms. The van der Waals surface area contributed by atoms with E-state index in [4.69, 9.17) is 5.11 Å². The topological polar surface area (TPSA) is 32.3 Å². The smallest absolute Gasteiger partial charge is 0.128 e. The summed E-state index contributed by atoms with van der Waals surface area (Å²) in [5.41, 5.74) is 1.51. The lowest BCUT2D eigenvalue weighted by Gasteiger charge is -2.14. The van der Waals surface area contributed by atoms with Gasteiger partial charge in [-0.05, 0) is 20.0 Å². The first-order valence-corrected chi connectivity index (χ1v) is 4.23. The van der Waals surface area contributed by atoms with Gasteiger partial charge in [0.1, 0.15) is 5.82 Å². The van der Waals surface area contributed by atoms with E-state index in [9.17, 15) is 4.39 Å². The first-order valence-electron chi connectivity index (χ1n) is 4.23. The van der Waals surface area contributed by atoms with Gasteiger partial charge in [-0.15, -0.1) is 0 Å². The number of aryl methyl sites for hydroxylation is 1. The summed E-state index contributed by atoms with van der Waals surface area (Å²) < 4.78 is 13.2. The number of aliphatic hydroxyl groups is 1. The van der Waals surface area contributed by atoms with Gasteiger partial charge in [0.05, 0.1) is 12.6 Å². The van der Waals surface area contributed by atoms with Gasteiger partial charge in [0.25, 0.3) is 0 Å². The number of aliphatic hydroxyl groups excluding tert-OH is 1. The Hall–Kier alpha value is -0.930. The highest BCUT2D eigenvalue weighted by atomic mass is 19.1. The van der Waals surface area contributed by atoms with Crippen LogP contribution in [0.5, 0.6) is 0 Å². The number of halogens is 1. The van der Waals surface area contributed by atoms with E-state index in [1.165, 1.54) is 6.07 Å². The first kappa shape index (κ1) is 10.2. The van der Waals surface area contributed by atoms with Gasteiger partial charge in [0.15, 0.2) is 0 Å². The molecule has 0 bridgehead atoms. The Morgan fingerprint density at radius 3 is 2.77 bits per heavy atom. The molecule has 0 fully saturated rings. The summed E-state index contributed by atoms with van der Waals surface area (Å²) in [6, 6.07) is 4.56. The van der Waals surface area contributed by atoms with E-state index in [1.807, 2.05) is 6.92 Å². The van der Waals surface area contributed by atoms with Crippen molar-refractivity contribution in [3.63, 3.8) is 0 Å². The Bertz CT molecular complexity index is 284. The second kappa shape index (κ2) is 4.35. The van der Waals surface area contributed by atoms with E-state index in [1.54, 1.807) is 19.2 Å². The molecule has 1 rings (SSSR count).